The Labute approximate surface area is 94.4 Å². The van der Waals surface area contributed by atoms with Crippen LogP contribution < -0.4 is 5.73 Å². The van der Waals surface area contributed by atoms with Crippen molar-refractivity contribution in [3.05, 3.63) is 0 Å². The summed E-state index contributed by atoms with van der Waals surface area (Å²) in [5.74, 6) is 0.150. The summed E-state index contributed by atoms with van der Waals surface area (Å²) in [6, 6.07) is -0.494. The maximum atomic E-state index is 11.3. The van der Waals surface area contributed by atoms with Crippen molar-refractivity contribution in [2.75, 3.05) is 20.3 Å². The highest BCUT2D eigenvalue weighted by Crippen LogP contribution is 2.22. The van der Waals surface area contributed by atoms with E-state index in [-0.39, 0.29) is 17.1 Å². The summed E-state index contributed by atoms with van der Waals surface area (Å²) in [4.78, 5) is 15.3. The fraction of sp³-hybridized carbons (Fsp3) is 0.778. The molecule has 1 heterocycles. The van der Waals surface area contributed by atoms with Crippen molar-refractivity contribution in [2.45, 2.75) is 18.9 Å². The number of carbonyl (C=O) groups is 1. The molecule has 0 spiro atoms. The zero-order valence-electron chi connectivity index (χ0n) is 8.68. The number of nitrogens with two attached hydrogens (primary N) is 1. The van der Waals surface area contributed by atoms with Crippen LogP contribution in [0.1, 0.15) is 12.8 Å². The highest BCUT2D eigenvalue weighted by atomic mass is 32.1. The highest BCUT2D eigenvalue weighted by Gasteiger charge is 2.28. The molecule has 0 saturated carbocycles. The van der Waals surface area contributed by atoms with E-state index >= 15 is 0 Å². The number of aliphatic imine (C=N–C) groups is 1. The first-order valence-electron chi connectivity index (χ1n) is 4.83. The smallest absolute Gasteiger partial charge is 0.282 e. The van der Waals surface area contributed by atoms with Crippen LogP contribution in [-0.2, 0) is 14.3 Å². The Kier molecular flexibility index (Phi) is 4.90. The molecule has 5 nitrogen and oxygen atoms in total. The fourth-order valence-electron chi connectivity index (χ4n) is 1.58. The molecule has 2 N–H and O–H groups in total. The Balaban J connectivity index is 2.68. The lowest BCUT2D eigenvalue weighted by atomic mass is 9.93. The van der Waals surface area contributed by atoms with Crippen molar-refractivity contribution in [2.24, 2.45) is 16.6 Å². The van der Waals surface area contributed by atoms with Crippen LogP contribution in [0, 0.1) is 5.92 Å². The summed E-state index contributed by atoms with van der Waals surface area (Å²) in [5.41, 5.74) is 5.43. The Bertz CT molecular complexity index is 252. The molecule has 0 aliphatic carbocycles. The first kappa shape index (κ1) is 12.3. The van der Waals surface area contributed by atoms with Crippen LogP contribution in [-0.4, -0.2) is 37.5 Å². The van der Waals surface area contributed by atoms with Gasteiger partial charge in [0.05, 0.1) is 7.11 Å². The van der Waals surface area contributed by atoms with Crippen LogP contribution in [0.5, 0.6) is 0 Å². The number of hydrogen-bond donors (Lipinski definition) is 2. The minimum atomic E-state index is -0.516. The van der Waals surface area contributed by atoms with Crippen molar-refractivity contribution < 1.29 is 14.3 Å². The van der Waals surface area contributed by atoms with Crippen LogP contribution in [0.15, 0.2) is 4.99 Å². The van der Waals surface area contributed by atoms with Crippen LogP contribution in [0.25, 0.3) is 0 Å². The molecule has 6 heteroatoms. The number of ether oxygens (including phenoxy) is 2. The standard InChI is InChI=1S/C9H16N2O3S/c1-13-9(10)11-7(8(12)15)6-2-4-14-5-3-6/h6-7H,2-5H2,1H3,(H2,10,11)(H,12,15). The molecule has 0 radical (unpaired) electrons. The van der Waals surface area contributed by atoms with E-state index < -0.39 is 6.04 Å². The van der Waals surface area contributed by atoms with E-state index in [0.717, 1.165) is 12.8 Å². The number of methoxy groups -OCH3 is 1. The quantitative estimate of drug-likeness (QED) is 0.414. The maximum absolute atomic E-state index is 11.3. The van der Waals surface area contributed by atoms with Gasteiger partial charge in [-0.1, -0.05) is 0 Å². The van der Waals surface area contributed by atoms with Crippen molar-refractivity contribution in [3.63, 3.8) is 0 Å². The van der Waals surface area contributed by atoms with Crippen molar-refractivity contribution in [1.29, 1.82) is 0 Å². The monoisotopic (exact) mass is 232 g/mol. The molecule has 1 saturated heterocycles. The molecule has 15 heavy (non-hydrogen) atoms. The third kappa shape index (κ3) is 3.71. The van der Waals surface area contributed by atoms with E-state index in [1.54, 1.807) is 0 Å². The number of amidine groups is 1. The zero-order chi connectivity index (χ0) is 11.3. The van der Waals surface area contributed by atoms with E-state index in [1.165, 1.54) is 7.11 Å². The summed E-state index contributed by atoms with van der Waals surface area (Å²) in [7, 11) is 1.42. The Morgan fingerprint density at radius 2 is 2.20 bits per heavy atom. The van der Waals surface area contributed by atoms with Crippen LogP contribution >= 0.6 is 12.6 Å². The van der Waals surface area contributed by atoms with Gasteiger partial charge in [0.2, 0.25) is 5.12 Å². The molecule has 1 aliphatic heterocycles. The lowest BCUT2D eigenvalue weighted by Gasteiger charge is -2.25. The van der Waals surface area contributed by atoms with Gasteiger partial charge in [0, 0.05) is 13.2 Å². The van der Waals surface area contributed by atoms with Crippen LogP contribution in [0.3, 0.4) is 0 Å². The summed E-state index contributed by atoms with van der Waals surface area (Å²) in [6.07, 6.45) is 1.61. The van der Waals surface area contributed by atoms with E-state index in [2.05, 4.69) is 17.6 Å². The second kappa shape index (κ2) is 5.97. The largest absolute Gasteiger partial charge is 0.469 e. The highest BCUT2D eigenvalue weighted by molar-refractivity contribution is 7.96. The minimum Gasteiger partial charge on any atom is -0.469 e. The van der Waals surface area contributed by atoms with Gasteiger partial charge in [-0.15, -0.1) is 12.6 Å². The van der Waals surface area contributed by atoms with E-state index in [9.17, 15) is 4.79 Å². The van der Waals surface area contributed by atoms with E-state index in [0.29, 0.717) is 13.2 Å². The molecule has 0 aromatic carbocycles. The molecule has 1 atom stereocenters. The average Bonchev–Trinajstić information content (AvgIpc) is 2.26. The van der Waals surface area contributed by atoms with Crippen molar-refractivity contribution in [3.8, 4) is 0 Å². The van der Waals surface area contributed by atoms with Crippen LogP contribution in [0.2, 0.25) is 0 Å². The molecule has 0 bridgehead atoms. The third-order valence-corrected chi connectivity index (χ3v) is 2.71. The minimum absolute atomic E-state index is 0.0221. The molecular weight excluding hydrogens is 216 g/mol. The van der Waals surface area contributed by atoms with Gasteiger partial charge in [-0.2, -0.15) is 0 Å². The lowest BCUT2D eigenvalue weighted by molar-refractivity contribution is -0.113. The van der Waals surface area contributed by atoms with Gasteiger partial charge in [-0.3, -0.25) is 4.79 Å². The van der Waals surface area contributed by atoms with E-state index in [4.69, 9.17) is 15.2 Å². The Morgan fingerprint density at radius 1 is 1.60 bits per heavy atom. The Morgan fingerprint density at radius 3 is 2.67 bits per heavy atom. The molecule has 86 valence electrons. The molecule has 1 aliphatic rings. The SMILES string of the molecule is COC(N)=NC(C(=O)S)C1CCOCC1. The summed E-state index contributed by atoms with van der Waals surface area (Å²) >= 11 is 3.82. The van der Waals surface area contributed by atoms with Crippen molar-refractivity contribution >= 4 is 23.8 Å². The molecule has 1 fully saturated rings. The lowest BCUT2D eigenvalue weighted by Crippen LogP contribution is -2.32. The van der Waals surface area contributed by atoms with Gasteiger partial charge < -0.3 is 15.2 Å². The van der Waals surface area contributed by atoms with E-state index in [1.807, 2.05) is 0 Å². The maximum Gasteiger partial charge on any atom is 0.282 e. The van der Waals surface area contributed by atoms with Gasteiger partial charge in [-0.25, -0.2) is 4.99 Å². The first-order valence-corrected chi connectivity index (χ1v) is 5.27. The molecule has 0 aromatic rings. The van der Waals surface area contributed by atoms with Gasteiger partial charge in [0.25, 0.3) is 6.02 Å². The predicted molar refractivity (Wildman–Crippen MR) is 60.0 cm³/mol. The number of hydrogen-bond acceptors (Lipinski definition) is 4. The number of thiol groups is 1. The summed E-state index contributed by atoms with van der Waals surface area (Å²) < 4.78 is 9.95. The van der Waals surface area contributed by atoms with Gasteiger partial charge in [-0.05, 0) is 18.8 Å². The summed E-state index contributed by atoms with van der Waals surface area (Å²) in [5, 5.41) is -0.276. The Hall–Kier alpha value is -0.750. The molecule has 0 aromatic heterocycles. The van der Waals surface area contributed by atoms with Gasteiger partial charge in [0.1, 0.15) is 6.04 Å². The first-order chi connectivity index (χ1) is 7.15. The zero-order valence-corrected chi connectivity index (χ0v) is 9.57. The average molecular weight is 232 g/mol. The molecule has 1 rings (SSSR count). The van der Waals surface area contributed by atoms with Crippen molar-refractivity contribution in [1.82, 2.24) is 0 Å². The molecular formula is C9H16N2O3S. The topological polar surface area (TPSA) is 73.9 Å². The number of carbonyl (C=O) groups excluding carboxylic acids is 1. The normalized spacial score (nSPS) is 21.1. The summed E-state index contributed by atoms with van der Waals surface area (Å²) in [6.45, 7) is 1.31. The second-order valence-electron chi connectivity index (χ2n) is 3.40. The van der Waals surface area contributed by atoms with Gasteiger partial charge in [0.15, 0.2) is 0 Å². The second-order valence-corrected chi connectivity index (χ2v) is 3.85. The number of rotatable bonds is 3. The van der Waals surface area contributed by atoms with Gasteiger partial charge >= 0.3 is 0 Å². The third-order valence-electron chi connectivity index (χ3n) is 2.44. The number of nitrogens with zero attached hydrogens (tertiary/aromatic N) is 1. The molecule has 1 unspecified atom stereocenters. The fourth-order valence-corrected chi connectivity index (χ4v) is 1.85. The molecule has 0 amide bonds. The predicted octanol–water partition coefficient (Wildman–Crippen LogP) is 0.199. The van der Waals surface area contributed by atoms with Crippen LogP contribution in [0.4, 0.5) is 0 Å².